The van der Waals surface area contributed by atoms with Crippen LogP contribution < -0.4 is 0 Å². The van der Waals surface area contributed by atoms with Crippen LogP contribution in [-0.4, -0.2) is 37.1 Å². The molecule has 0 radical (unpaired) electrons. The van der Waals surface area contributed by atoms with Crippen LogP contribution in [0.5, 0.6) is 0 Å². The molecule has 4 heterocycles. The summed E-state index contributed by atoms with van der Waals surface area (Å²) in [5, 5.41) is 8.07. The number of alkyl halides is 3. The van der Waals surface area contributed by atoms with Crippen LogP contribution in [-0.2, 0) is 6.18 Å². The zero-order valence-corrected chi connectivity index (χ0v) is 17.2. The molecule has 1 saturated heterocycles. The summed E-state index contributed by atoms with van der Waals surface area (Å²) in [6.45, 7) is 4.47. The molecule has 1 amide bonds. The van der Waals surface area contributed by atoms with Gasteiger partial charge in [-0.3, -0.25) is 4.79 Å². The van der Waals surface area contributed by atoms with Crippen LogP contribution in [0.3, 0.4) is 0 Å². The highest BCUT2D eigenvalue weighted by atomic mass is 19.4. The van der Waals surface area contributed by atoms with E-state index >= 15 is 0 Å². The Labute approximate surface area is 176 Å². The second-order valence-electron chi connectivity index (χ2n) is 8.60. The van der Waals surface area contributed by atoms with Gasteiger partial charge in [-0.05, 0) is 37.7 Å². The number of nitrogens with zero attached hydrogens (tertiary/aromatic N) is 5. The Morgan fingerprint density at radius 1 is 1.19 bits per heavy atom. The summed E-state index contributed by atoms with van der Waals surface area (Å²) in [7, 11) is 0. The Hall–Kier alpha value is -2.91. The maximum Gasteiger partial charge on any atom is 0.433 e. The van der Waals surface area contributed by atoms with Crippen molar-refractivity contribution in [1.82, 2.24) is 24.7 Å². The minimum absolute atomic E-state index is 0.0394. The molecule has 164 valence electrons. The van der Waals surface area contributed by atoms with Crippen molar-refractivity contribution in [1.29, 1.82) is 0 Å². The van der Waals surface area contributed by atoms with Crippen molar-refractivity contribution in [3.05, 3.63) is 46.7 Å². The van der Waals surface area contributed by atoms with Gasteiger partial charge in [0.1, 0.15) is 5.69 Å². The first kappa shape index (κ1) is 20.0. The molecule has 10 heteroatoms. The molecule has 7 nitrogen and oxygen atoms in total. The lowest BCUT2D eigenvalue weighted by atomic mass is 10.1. The van der Waals surface area contributed by atoms with Gasteiger partial charge in [-0.2, -0.15) is 18.3 Å². The summed E-state index contributed by atoms with van der Waals surface area (Å²) in [4.78, 5) is 19.2. The zero-order valence-electron chi connectivity index (χ0n) is 17.2. The van der Waals surface area contributed by atoms with Crippen LogP contribution in [0.1, 0.15) is 90.7 Å². The Kier molecular flexibility index (Phi) is 4.56. The van der Waals surface area contributed by atoms with Crippen molar-refractivity contribution in [3.63, 3.8) is 0 Å². The van der Waals surface area contributed by atoms with Crippen molar-refractivity contribution < 1.29 is 22.5 Å². The Morgan fingerprint density at radius 2 is 1.97 bits per heavy atom. The molecule has 0 aromatic carbocycles. The fourth-order valence-electron chi connectivity index (χ4n) is 4.07. The zero-order chi connectivity index (χ0) is 21.9. The largest absolute Gasteiger partial charge is 0.433 e. The second kappa shape index (κ2) is 7.06. The predicted octanol–water partition coefficient (Wildman–Crippen LogP) is 4.71. The Balaban J connectivity index is 1.50. The lowest BCUT2D eigenvalue weighted by Crippen LogP contribution is -2.30. The number of carbonyl (C=O) groups excluding carboxylic acids is 1. The number of fused-ring (bicyclic) bond motifs is 1. The summed E-state index contributed by atoms with van der Waals surface area (Å²) < 4.78 is 47.1. The van der Waals surface area contributed by atoms with Gasteiger partial charge in [-0.15, -0.1) is 0 Å². The van der Waals surface area contributed by atoms with Gasteiger partial charge in [0.05, 0.1) is 11.7 Å². The van der Waals surface area contributed by atoms with Crippen LogP contribution in [0, 0.1) is 0 Å². The SMILES string of the molecule is CC(C)c1cc([C@H]2CCCN2C(=O)c2cc3nc(C4CC4)cc(C(F)(F)F)n3n2)on1. The van der Waals surface area contributed by atoms with Crippen LogP contribution >= 0.6 is 0 Å². The minimum atomic E-state index is -4.60. The molecule has 0 unspecified atom stereocenters. The lowest BCUT2D eigenvalue weighted by Gasteiger charge is -2.21. The number of halogens is 3. The van der Waals surface area contributed by atoms with Crippen LogP contribution in [0.4, 0.5) is 13.2 Å². The monoisotopic (exact) mass is 433 g/mol. The molecule has 31 heavy (non-hydrogen) atoms. The van der Waals surface area contributed by atoms with Crippen LogP contribution in [0.15, 0.2) is 22.7 Å². The Bertz CT molecular complexity index is 1150. The Morgan fingerprint density at radius 3 is 2.61 bits per heavy atom. The molecule has 0 bridgehead atoms. The van der Waals surface area contributed by atoms with Crippen molar-refractivity contribution in [3.8, 4) is 0 Å². The average Bonchev–Trinajstić information content (AvgIpc) is 3.11. The predicted molar refractivity (Wildman–Crippen MR) is 104 cm³/mol. The molecular formula is C21H22F3N5O2. The van der Waals surface area contributed by atoms with E-state index in [1.54, 1.807) is 4.90 Å². The van der Waals surface area contributed by atoms with Gasteiger partial charge in [-0.25, -0.2) is 9.50 Å². The van der Waals surface area contributed by atoms with E-state index in [9.17, 15) is 18.0 Å². The highest BCUT2D eigenvalue weighted by Crippen LogP contribution is 2.41. The van der Waals surface area contributed by atoms with Gasteiger partial charge < -0.3 is 9.42 Å². The number of amides is 1. The van der Waals surface area contributed by atoms with Gasteiger partial charge >= 0.3 is 6.18 Å². The highest BCUT2D eigenvalue weighted by molar-refractivity contribution is 5.93. The quantitative estimate of drug-likeness (QED) is 0.595. The van der Waals surface area contributed by atoms with E-state index in [4.69, 9.17) is 4.52 Å². The summed E-state index contributed by atoms with van der Waals surface area (Å²) >= 11 is 0. The third-order valence-electron chi connectivity index (χ3n) is 5.93. The molecule has 3 aromatic rings. The molecule has 1 aliphatic carbocycles. The lowest BCUT2D eigenvalue weighted by molar-refractivity contribution is -0.142. The van der Waals surface area contributed by atoms with Crippen LogP contribution in [0.25, 0.3) is 5.65 Å². The standard InChI is InChI=1S/C21H22F3N5O2/c1-11(2)13-8-17(31-27-13)16-4-3-7-28(16)20(30)15-10-19-25-14(12-5-6-12)9-18(21(22,23)24)29(19)26-15/h8-12,16H,3-7H2,1-2H3/t16-/m1/s1. The number of aromatic nitrogens is 4. The smallest absolute Gasteiger partial charge is 0.359 e. The van der Waals surface area contributed by atoms with Gasteiger partial charge in [0, 0.05) is 30.3 Å². The molecule has 0 spiro atoms. The highest BCUT2D eigenvalue weighted by Gasteiger charge is 2.39. The topological polar surface area (TPSA) is 76.5 Å². The molecule has 1 atom stereocenters. The average molecular weight is 433 g/mol. The van der Waals surface area contributed by atoms with Gasteiger partial charge in [0.25, 0.3) is 5.91 Å². The molecule has 1 aliphatic heterocycles. The van der Waals surface area contributed by atoms with E-state index in [1.165, 1.54) is 6.07 Å². The summed E-state index contributed by atoms with van der Waals surface area (Å²) in [5.41, 5.74) is 0.279. The third kappa shape index (κ3) is 3.57. The molecule has 2 fully saturated rings. The summed E-state index contributed by atoms with van der Waals surface area (Å²) in [6.07, 6.45) is -1.49. The van der Waals surface area contributed by atoms with E-state index in [2.05, 4.69) is 15.2 Å². The molecule has 5 rings (SSSR count). The number of rotatable bonds is 4. The minimum Gasteiger partial charge on any atom is -0.359 e. The maximum absolute atomic E-state index is 13.6. The van der Waals surface area contributed by atoms with E-state index in [0.29, 0.717) is 24.4 Å². The number of likely N-dealkylation sites (tertiary alicyclic amines) is 1. The van der Waals surface area contributed by atoms with Crippen molar-refractivity contribution in [2.24, 2.45) is 0 Å². The van der Waals surface area contributed by atoms with E-state index in [0.717, 1.165) is 35.5 Å². The number of hydrogen-bond donors (Lipinski definition) is 0. The summed E-state index contributed by atoms with van der Waals surface area (Å²) in [5.74, 6) is 0.388. The second-order valence-corrected chi connectivity index (χ2v) is 8.60. The van der Waals surface area contributed by atoms with E-state index < -0.39 is 17.8 Å². The van der Waals surface area contributed by atoms with Crippen molar-refractivity contribution in [2.45, 2.75) is 63.6 Å². The number of carbonyl (C=O) groups is 1. The van der Waals surface area contributed by atoms with Gasteiger partial charge in [-0.1, -0.05) is 19.0 Å². The molecule has 2 aliphatic rings. The normalized spacial score (nSPS) is 19.7. The first-order valence-electron chi connectivity index (χ1n) is 10.5. The van der Waals surface area contributed by atoms with E-state index in [1.807, 2.05) is 19.9 Å². The molecule has 1 saturated carbocycles. The van der Waals surface area contributed by atoms with Crippen molar-refractivity contribution in [2.75, 3.05) is 6.54 Å². The first-order chi connectivity index (χ1) is 14.7. The first-order valence-corrected chi connectivity index (χ1v) is 10.5. The summed E-state index contributed by atoms with van der Waals surface area (Å²) in [6, 6.07) is 3.93. The van der Waals surface area contributed by atoms with Gasteiger partial charge in [0.2, 0.25) is 0 Å². The fraction of sp³-hybridized carbons (Fsp3) is 0.524. The maximum atomic E-state index is 13.6. The number of hydrogen-bond acceptors (Lipinski definition) is 5. The van der Waals surface area contributed by atoms with Crippen molar-refractivity contribution >= 4 is 11.6 Å². The fourth-order valence-corrected chi connectivity index (χ4v) is 4.07. The van der Waals surface area contributed by atoms with Crippen LogP contribution in [0.2, 0.25) is 0 Å². The molecule has 0 N–H and O–H groups in total. The van der Waals surface area contributed by atoms with E-state index in [-0.39, 0.29) is 29.2 Å². The molecule has 3 aromatic heterocycles. The van der Waals surface area contributed by atoms with Gasteiger partial charge in [0.15, 0.2) is 17.1 Å². The third-order valence-corrected chi connectivity index (χ3v) is 5.93. The molecular weight excluding hydrogens is 411 g/mol.